The predicted molar refractivity (Wildman–Crippen MR) is 155 cm³/mol. The molecule has 0 fully saturated rings. The van der Waals surface area contributed by atoms with Crippen LogP contribution in [0.2, 0.25) is 0 Å². The molecule has 10 heteroatoms. The maximum absolute atomic E-state index is 14.1. The maximum atomic E-state index is 14.1. The summed E-state index contributed by atoms with van der Waals surface area (Å²) >= 11 is 0. The monoisotopic (exact) mass is 568 g/mol. The first-order valence-corrected chi connectivity index (χ1v) is 14.6. The van der Waals surface area contributed by atoms with Crippen LogP contribution in [0.4, 0.5) is 10.1 Å². The van der Waals surface area contributed by atoms with Gasteiger partial charge in [0.2, 0.25) is 11.8 Å². The maximum Gasteiger partial charge on any atom is 0.304 e. The van der Waals surface area contributed by atoms with Gasteiger partial charge < -0.3 is 10.2 Å². The lowest BCUT2D eigenvalue weighted by atomic mass is 10.0. The van der Waals surface area contributed by atoms with E-state index in [0.29, 0.717) is 6.54 Å². The number of carbonyl (C=O) groups is 2. The minimum Gasteiger partial charge on any atom is -0.354 e. The molecule has 0 heterocycles. The molecule has 3 rings (SSSR count). The van der Waals surface area contributed by atoms with E-state index in [2.05, 4.69) is 5.32 Å². The fourth-order valence-electron chi connectivity index (χ4n) is 4.22. The quantitative estimate of drug-likeness (QED) is 0.339. The van der Waals surface area contributed by atoms with Gasteiger partial charge in [-0.2, -0.15) is 12.7 Å². The number of carbonyl (C=O) groups excluding carboxylic acids is 2. The predicted octanol–water partition coefficient (Wildman–Crippen LogP) is 3.91. The Kier molecular flexibility index (Phi) is 10.8. The van der Waals surface area contributed by atoms with Gasteiger partial charge in [0.15, 0.2) is 0 Å². The van der Waals surface area contributed by atoms with Crippen molar-refractivity contribution in [1.29, 1.82) is 0 Å². The van der Waals surface area contributed by atoms with Crippen molar-refractivity contribution in [3.8, 4) is 0 Å². The van der Waals surface area contributed by atoms with E-state index in [0.717, 1.165) is 43.9 Å². The van der Waals surface area contributed by atoms with Gasteiger partial charge >= 0.3 is 10.2 Å². The van der Waals surface area contributed by atoms with Gasteiger partial charge in [0, 0.05) is 33.6 Å². The Bertz CT molecular complexity index is 1380. The number of anilines is 1. The number of rotatable bonds is 13. The Hall–Kier alpha value is -3.76. The topological polar surface area (TPSA) is 90.0 Å². The molecule has 3 aromatic carbocycles. The standard InChI is InChI=1S/C30H37FN4O4S/c1-5-19-32-30(37)28(20-24-12-7-6-8-13-24)34(21-25-14-10-9-11-23(25)2)29(36)22-35(40(38,39)33(3)4)27-17-15-26(31)16-18-27/h6-18,28H,5,19-22H2,1-4H3,(H,32,37)/t28-/m0/s1. The van der Waals surface area contributed by atoms with Gasteiger partial charge in [0.25, 0.3) is 0 Å². The third-order valence-corrected chi connectivity index (χ3v) is 8.38. The summed E-state index contributed by atoms with van der Waals surface area (Å²) in [4.78, 5) is 29.1. The Labute approximate surface area is 236 Å². The first-order valence-electron chi connectivity index (χ1n) is 13.2. The average Bonchev–Trinajstić information content (AvgIpc) is 2.94. The molecule has 0 saturated carbocycles. The van der Waals surface area contributed by atoms with Crippen molar-refractivity contribution in [3.05, 3.63) is 101 Å². The lowest BCUT2D eigenvalue weighted by molar-refractivity contribution is -0.140. The first-order chi connectivity index (χ1) is 19.0. The molecule has 2 amide bonds. The second-order valence-corrected chi connectivity index (χ2v) is 11.8. The molecule has 0 spiro atoms. The highest BCUT2D eigenvalue weighted by molar-refractivity contribution is 7.90. The third kappa shape index (κ3) is 7.89. The highest BCUT2D eigenvalue weighted by Gasteiger charge is 2.34. The highest BCUT2D eigenvalue weighted by Crippen LogP contribution is 2.23. The van der Waals surface area contributed by atoms with Gasteiger partial charge in [-0.1, -0.05) is 61.5 Å². The van der Waals surface area contributed by atoms with Gasteiger partial charge in [-0.15, -0.1) is 0 Å². The Morgan fingerprint density at radius 2 is 1.55 bits per heavy atom. The van der Waals surface area contributed by atoms with Crippen LogP contribution in [0.1, 0.15) is 30.0 Å². The van der Waals surface area contributed by atoms with E-state index < -0.39 is 34.5 Å². The summed E-state index contributed by atoms with van der Waals surface area (Å²) < 4.78 is 42.3. The largest absolute Gasteiger partial charge is 0.354 e. The third-order valence-electron chi connectivity index (χ3n) is 6.56. The van der Waals surface area contributed by atoms with Crippen LogP contribution in [-0.4, -0.2) is 62.7 Å². The summed E-state index contributed by atoms with van der Waals surface area (Å²) in [7, 11) is -1.42. The Morgan fingerprint density at radius 1 is 0.925 bits per heavy atom. The second kappa shape index (κ2) is 14.0. The van der Waals surface area contributed by atoms with E-state index in [1.165, 1.54) is 31.1 Å². The fraction of sp³-hybridized carbons (Fsp3) is 0.333. The van der Waals surface area contributed by atoms with Crippen molar-refractivity contribution in [2.75, 3.05) is 31.5 Å². The molecule has 0 unspecified atom stereocenters. The SMILES string of the molecule is CCCNC(=O)[C@H](Cc1ccccc1)N(Cc1ccccc1C)C(=O)CN(c1ccc(F)cc1)S(=O)(=O)N(C)C. The summed E-state index contributed by atoms with van der Waals surface area (Å²) in [5.74, 6) is -1.42. The van der Waals surface area contributed by atoms with Crippen molar-refractivity contribution in [1.82, 2.24) is 14.5 Å². The second-order valence-electron chi connectivity index (χ2n) is 9.72. The molecule has 0 saturated heterocycles. The van der Waals surface area contributed by atoms with Crippen LogP contribution in [0.3, 0.4) is 0 Å². The molecule has 1 N–H and O–H groups in total. The molecule has 0 aliphatic heterocycles. The zero-order chi connectivity index (χ0) is 29.3. The van der Waals surface area contributed by atoms with E-state index in [4.69, 9.17) is 0 Å². The molecule has 1 atom stereocenters. The van der Waals surface area contributed by atoms with Crippen LogP contribution in [0, 0.1) is 12.7 Å². The molecular formula is C30H37FN4O4S. The van der Waals surface area contributed by atoms with E-state index in [-0.39, 0.29) is 24.6 Å². The van der Waals surface area contributed by atoms with Crippen LogP contribution >= 0.6 is 0 Å². The Balaban J connectivity index is 2.08. The van der Waals surface area contributed by atoms with E-state index in [1.54, 1.807) is 0 Å². The molecular weight excluding hydrogens is 531 g/mol. The molecule has 0 bridgehead atoms. The normalized spacial score (nSPS) is 12.2. The number of hydrogen-bond donors (Lipinski definition) is 1. The summed E-state index contributed by atoms with van der Waals surface area (Å²) in [5, 5.41) is 2.91. The summed E-state index contributed by atoms with van der Waals surface area (Å²) in [5.41, 5.74) is 2.76. The van der Waals surface area contributed by atoms with Gasteiger partial charge in [0.05, 0.1) is 5.69 Å². The number of aryl methyl sites for hydroxylation is 1. The number of nitrogens with zero attached hydrogens (tertiary/aromatic N) is 3. The lowest BCUT2D eigenvalue weighted by Gasteiger charge is -2.34. The molecule has 214 valence electrons. The van der Waals surface area contributed by atoms with Gasteiger partial charge in [-0.05, 0) is 54.3 Å². The summed E-state index contributed by atoms with van der Waals surface area (Å²) in [6, 6.07) is 20.9. The van der Waals surface area contributed by atoms with Crippen LogP contribution in [0.15, 0.2) is 78.9 Å². The summed E-state index contributed by atoms with van der Waals surface area (Å²) in [6.45, 7) is 3.82. The molecule has 0 aliphatic carbocycles. The molecule has 0 radical (unpaired) electrons. The lowest BCUT2D eigenvalue weighted by Crippen LogP contribution is -2.54. The number of hydrogen-bond acceptors (Lipinski definition) is 4. The Morgan fingerprint density at radius 3 is 2.15 bits per heavy atom. The zero-order valence-corrected chi connectivity index (χ0v) is 24.2. The van der Waals surface area contributed by atoms with Gasteiger partial charge in [-0.25, -0.2) is 8.70 Å². The van der Waals surface area contributed by atoms with E-state index in [9.17, 15) is 22.4 Å². The van der Waals surface area contributed by atoms with Crippen molar-refractivity contribution in [2.24, 2.45) is 0 Å². The average molecular weight is 569 g/mol. The number of halogens is 1. The molecule has 8 nitrogen and oxygen atoms in total. The number of amides is 2. The van der Waals surface area contributed by atoms with E-state index in [1.807, 2.05) is 68.4 Å². The first kappa shape index (κ1) is 30.8. The number of nitrogens with one attached hydrogen (secondary N) is 1. The van der Waals surface area contributed by atoms with Crippen LogP contribution in [0.25, 0.3) is 0 Å². The van der Waals surface area contributed by atoms with E-state index >= 15 is 0 Å². The van der Waals surface area contributed by atoms with Crippen molar-refractivity contribution < 1.29 is 22.4 Å². The van der Waals surface area contributed by atoms with Crippen LogP contribution in [0.5, 0.6) is 0 Å². The molecule has 0 aliphatic rings. The summed E-state index contributed by atoms with van der Waals surface area (Å²) in [6.07, 6.45) is 0.958. The molecule has 40 heavy (non-hydrogen) atoms. The zero-order valence-electron chi connectivity index (χ0n) is 23.4. The van der Waals surface area contributed by atoms with Crippen molar-refractivity contribution in [2.45, 2.75) is 39.3 Å². The minimum absolute atomic E-state index is 0.0990. The van der Waals surface area contributed by atoms with Crippen LogP contribution in [-0.2, 0) is 32.8 Å². The number of benzene rings is 3. The highest BCUT2D eigenvalue weighted by atomic mass is 32.2. The van der Waals surface area contributed by atoms with Crippen molar-refractivity contribution in [3.63, 3.8) is 0 Å². The van der Waals surface area contributed by atoms with Crippen molar-refractivity contribution >= 4 is 27.7 Å². The van der Waals surface area contributed by atoms with Gasteiger partial charge in [0.1, 0.15) is 18.4 Å². The minimum atomic E-state index is -4.14. The smallest absolute Gasteiger partial charge is 0.304 e. The molecule has 0 aromatic heterocycles. The fourth-order valence-corrected chi connectivity index (χ4v) is 5.27. The molecule has 3 aromatic rings. The van der Waals surface area contributed by atoms with Gasteiger partial charge in [-0.3, -0.25) is 9.59 Å². The van der Waals surface area contributed by atoms with Crippen LogP contribution < -0.4 is 9.62 Å².